The van der Waals surface area contributed by atoms with E-state index in [0.717, 1.165) is 62.6 Å². The lowest BCUT2D eigenvalue weighted by atomic mass is 9.95. The highest BCUT2D eigenvalue weighted by Crippen LogP contribution is 2.32. The number of halogens is 3. The van der Waals surface area contributed by atoms with Gasteiger partial charge in [0.25, 0.3) is 5.91 Å². The summed E-state index contributed by atoms with van der Waals surface area (Å²) in [5.41, 5.74) is 3.69. The Kier molecular flexibility index (Phi) is 6.90. The SMILES string of the molecule is Cc1c2c(n(Cc3cccc(C(F)(F)F)c3)c1C(=O)NCCN1CCOCC1)CCCC2. The quantitative estimate of drug-likeness (QED) is 0.730. The van der Waals surface area contributed by atoms with E-state index < -0.39 is 11.7 Å². The standard InChI is InChI=1S/C24H30F3N3O2/c1-17-20-7-2-3-8-21(20)30(16-18-5-4-6-19(15-18)24(25,26)27)22(17)23(31)28-9-10-29-11-13-32-14-12-29/h4-6,15H,2-3,7-14,16H2,1H3,(H,28,31). The molecule has 8 heteroatoms. The van der Waals surface area contributed by atoms with Gasteiger partial charge in [0.2, 0.25) is 0 Å². The Labute approximate surface area is 186 Å². The van der Waals surface area contributed by atoms with Gasteiger partial charge in [0.15, 0.2) is 0 Å². The maximum atomic E-state index is 13.2. The summed E-state index contributed by atoms with van der Waals surface area (Å²) in [4.78, 5) is 15.5. The van der Waals surface area contributed by atoms with E-state index in [-0.39, 0.29) is 12.5 Å². The van der Waals surface area contributed by atoms with Crippen LogP contribution in [0.3, 0.4) is 0 Å². The molecule has 0 spiro atoms. The number of fused-ring (bicyclic) bond motifs is 1. The van der Waals surface area contributed by atoms with Crippen molar-refractivity contribution in [2.75, 3.05) is 39.4 Å². The van der Waals surface area contributed by atoms with Crippen molar-refractivity contribution in [3.05, 3.63) is 57.9 Å². The number of hydrogen-bond acceptors (Lipinski definition) is 3. The number of aromatic nitrogens is 1. The third-order valence-electron chi connectivity index (χ3n) is 6.47. The van der Waals surface area contributed by atoms with Crippen LogP contribution in [0.4, 0.5) is 13.2 Å². The first kappa shape index (κ1) is 22.9. The molecule has 5 nitrogen and oxygen atoms in total. The van der Waals surface area contributed by atoms with Gasteiger partial charge in [-0.25, -0.2) is 0 Å². The van der Waals surface area contributed by atoms with Crippen molar-refractivity contribution >= 4 is 5.91 Å². The highest BCUT2D eigenvalue weighted by Gasteiger charge is 2.31. The molecular weight excluding hydrogens is 419 g/mol. The minimum atomic E-state index is -4.39. The van der Waals surface area contributed by atoms with Gasteiger partial charge in [-0.15, -0.1) is 0 Å². The number of carbonyl (C=O) groups excluding carboxylic acids is 1. The van der Waals surface area contributed by atoms with Crippen LogP contribution >= 0.6 is 0 Å². The molecule has 0 radical (unpaired) electrons. The van der Waals surface area contributed by atoms with E-state index in [1.54, 1.807) is 6.07 Å². The Hall–Kier alpha value is -2.32. The zero-order valence-electron chi connectivity index (χ0n) is 18.4. The second kappa shape index (κ2) is 9.67. The van der Waals surface area contributed by atoms with Gasteiger partial charge >= 0.3 is 6.18 Å². The van der Waals surface area contributed by atoms with Crippen LogP contribution in [0.2, 0.25) is 0 Å². The molecule has 1 N–H and O–H groups in total. The van der Waals surface area contributed by atoms with Crippen LogP contribution in [0.1, 0.15) is 51.3 Å². The first-order valence-corrected chi connectivity index (χ1v) is 11.3. The van der Waals surface area contributed by atoms with Gasteiger partial charge < -0.3 is 14.6 Å². The van der Waals surface area contributed by atoms with Crippen LogP contribution in [0, 0.1) is 6.92 Å². The second-order valence-electron chi connectivity index (χ2n) is 8.60. The minimum Gasteiger partial charge on any atom is -0.379 e. The smallest absolute Gasteiger partial charge is 0.379 e. The average molecular weight is 450 g/mol. The van der Waals surface area contributed by atoms with Gasteiger partial charge in [-0.1, -0.05) is 12.1 Å². The molecule has 0 atom stereocenters. The molecule has 1 fully saturated rings. The van der Waals surface area contributed by atoms with Crippen molar-refractivity contribution in [2.24, 2.45) is 0 Å². The molecule has 4 rings (SSSR count). The number of nitrogens with zero attached hydrogens (tertiary/aromatic N) is 2. The maximum Gasteiger partial charge on any atom is 0.416 e. The number of hydrogen-bond donors (Lipinski definition) is 1. The topological polar surface area (TPSA) is 46.5 Å². The number of benzene rings is 1. The second-order valence-corrected chi connectivity index (χ2v) is 8.60. The normalized spacial score (nSPS) is 17.2. The number of ether oxygens (including phenoxy) is 1. The third kappa shape index (κ3) is 5.02. The fourth-order valence-corrected chi connectivity index (χ4v) is 4.80. The Balaban J connectivity index is 1.57. The summed E-state index contributed by atoms with van der Waals surface area (Å²) in [7, 11) is 0. The van der Waals surface area contributed by atoms with Crippen LogP contribution in [0.15, 0.2) is 24.3 Å². The highest BCUT2D eigenvalue weighted by molar-refractivity contribution is 5.95. The van der Waals surface area contributed by atoms with E-state index in [9.17, 15) is 18.0 Å². The largest absolute Gasteiger partial charge is 0.416 e. The lowest BCUT2D eigenvalue weighted by molar-refractivity contribution is -0.137. The van der Waals surface area contributed by atoms with E-state index in [0.29, 0.717) is 31.0 Å². The summed E-state index contributed by atoms with van der Waals surface area (Å²) in [6.07, 6.45) is -0.542. The van der Waals surface area contributed by atoms with E-state index in [1.165, 1.54) is 17.7 Å². The van der Waals surface area contributed by atoms with Crippen molar-refractivity contribution in [3.8, 4) is 0 Å². The molecule has 1 aliphatic carbocycles. The van der Waals surface area contributed by atoms with Gasteiger partial charge in [0.1, 0.15) is 5.69 Å². The summed E-state index contributed by atoms with van der Waals surface area (Å²) >= 11 is 0. The maximum absolute atomic E-state index is 13.2. The number of nitrogens with one attached hydrogen (secondary N) is 1. The van der Waals surface area contributed by atoms with Crippen molar-refractivity contribution < 1.29 is 22.7 Å². The Bertz CT molecular complexity index is 962. The summed E-state index contributed by atoms with van der Waals surface area (Å²) in [5.74, 6) is -0.155. The first-order valence-electron chi connectivity index (χ1n) is 11.3. The molecule has 32 heavy (non-hydrogen) atoms. The summed E-state index contributed by atoms with van der Waals surface area (Å²) in [5, 5.41) is 3.04. The number of carbonyl (C=O) groups is 1. The van der Waals surface area contributed by atoms with Gasteiger partial charge in [0, 0.05) is 38.4 Å². The van der Waals surface area contributed by atoms with Crippen molar-refractivity contribution in [1.29, 1.82) is 0 Å². The van der Waals surface area contributed by atoms with E-state index in [2.05, 4.69) is 10.2 Å². The van der Waals surface area contributed by atoms with E-state index in [1.807, 2.05) is 11.5 Å². The fourth-order valence-electron chi connectivity index (χ4n) is 4.80. The molecule has 2 aliphatic rings. The van der Waals surface area contributed by atoms with Crippen LogP contribution in [0.25, 0.3) is 0 Å². The molecule has 174 valence electrons. The Morgan fingerprint density at radius 1 is 1.16 bits per heavy atom. The predicted molar refractivity (Wildman–Crippen MR) is 116 cm³/mol. The Morgan fingerprint density at radius 2 is 1.91 bits per heavy atom. The first-order chi connectivity index (χ1) is 15.3. The van der Waals surface area contributed by atoms with Crippen LogP contribution < -0.4 is 5.32 Å². The Morgan fingerprint density at radius 3 is 2.66 bits per heavy atom. The summed E-state index contributed by atoms with van der Waals surface area (Å²) < 4.78 is 46.9. The van der Waals surface area contributed by atoms with Crippen LogP contribution in [-0.2, 0) is 30.3 Å². The molecule has 1 aliphatic heterocycles. The number of amides is 1. The molecule has 1 aromatic carbocycles. The van der Waals surface area contributed by atoms with Gasteiger partial charge in [0.05, 0.1) is 18.8 Å². The third-order valence-corrected chi connectivity index (χ3v) is 6.47. The van der Waals surface area contributed by atoms with Gasteiger partial charge in [-0.3, -0.25) is 9.69 Å². The molecule has 1 aromatic heterocycles. The van der Waals surface area contributed by atoms with Crippen LogP contribution in [0.5, 0.6) is 0 Å². The highest BCUT2D eigenvalue weighted by atomic mass is 19.4. The number of morpholine rings is 1. The molecule has 0 bridgehead atoms. The number of rotatable bonds is 6. The number of alkyl halides is 3. The molecule has 2 heterocycles. The average Bonchev–Trinajstić information content (AvgIpc) is 3.06. The lowest BCUT2D eigenvalue weighted by Gasteiger charge is -2.26. The molecule has 1 saturated heterocycles. The minimum absolute atomic E-state index is 0.155. The van der Waals surface area contributed by atoms with Crippen molar-refractivity contribution in [3.63, 3.8) is 0 Å². The monoisotopic (exact) mass is 449 g/mol. The zero-order valence-corrected chi connectivity index (χ0v) is 18.4. The zero-order chi connectivity index (χ0) is 22.7. The summed E-state index contributed by atoms with van der Waals surface area (Å²) in [6, 6.07) is 5.40. The molecule has 2 aromatic rings. The van der Waals surface area contributed by atoms with Gasteiger partial charge in [-0.2, -0.15) is 13.2 Å². The molecule has 0 unspecified atom stereocenters. The summed E-state index contributed by atoms with van der Waals surface area (Å²) in [6.45, 7) is 6.62. The molecule has 0 saturated carbocycles. The van der Waals surface area contributed by atoms with Gasteiger partial charge in [-0.05, 0) is 61.4 Å². The van der Waals surface area contributed by atoms with Crippen LogP contribution in [-0.4, -0.2) is 54.8 Å². The van der Waals surface area contributed by atoms with Crippen molar-refractivity contribution in [1.82, 2.24) is 14.8 Å². The predicted octanol–water partition coefficient (Wildman–Crippen LogP) is 3.80. The van der Waals surface area contributed by atoms with E-state index >= 15 is 0 Å². The fraction of sp³-hybridized carbons (Fsp3) is 0.542. The van der Waals surface area contributed by atoms with Crippen molar-refractivity contribution in [2.45, 2.75) is 45.3 Å². The molecule has 1 amide bonds. The molecular formula is C24H30F3N3O2. The van der Waals surface area contributed by atoms with E-state index in [4.69, 9.17) is 4.74 Å². The lowest BCUT2D eigenvalue weighted by Crippen LogP contribution is -2.41.